The third kappa shape index (κ3) is 8.34. The Balaban J connectivity index is 4.07. The van der Waals surface area contributed by atoms with Gasteiger partial charge in [0, 0.05) is 7.78 Å². The summed E-state index contributed by atoms with van der Waals surface area (Å²) in [6.07, 6.45) is 0. The Labute approximate surface area is 57.1 Å². The zero-order valence-electron chi connectivity index (χ0n) is 5.67. The largest absolute Gasteiger partial charge is 0.283 e. The van der Waals surface area contributed by atoms with Crippen molar-refractivity contribution in [2.45, 2.75) is 25.9 Å². The van der Waals surface area contributed by atoms with Crippen molar-refractivity contribution in [1.82, 2.24) is 0 Å². The van der Waals surface area contributed by atoms with Crippen LogP contribution < -0.4 is 0 Å². The van der Waals surface area contributed by atoms with Gasteiger partial charge >= 0.3 is 0 Å². The summed E-state index contributed by atoms with van der Waals surface area (Å²) in [7, 11) is -4.18. The summed E-state index contributed by atoms with van der Waals surface area (Å²) in [5.74, 6) is 0. The topological polar surface area (TPSA) is 54.4 Å². The minimum absolute atomic E-state index is 0.326. The first-order valence-electron chi connectivity index (χ1n) is 2.47. The number of hydrogen-bond acceptors (Lipinski definition) is 2. The third-order valence-corrected chi connectivity index (χ3v) is 3.92. The highest BCUT2D eigenvalue weighted by Crippen LogP contribution is 2.34. The maximum absolute atomic E-state index is 10.2. The Kier molecular flexibility index (Phi) is 2.62. The summed E-state index contributed by atoms with van der Waals surface area (Å²) in [6, 6.07) is 0. The zero-order valence-corrected chi connectivity index (χ0v) is 7.49. The smallest absolute Gasteiger partial charge is 0.278 e. The molecule has 0 rings (SSSR count). The molecule has 0 spiro atoms. The van der Waals surface area contributed by atoms with Gasteiger partial charge in [0.05, 0.1) is 0 Å². The molecular formula is C4H11O3PS. The molecule has 0 fully saturated rings. The molecule has 1 atom stereocenters. The van der Waals surface area contributed by atoms with E-state index in [1.54, 1.807) is 20.8 Å². The Morgan fingerprint density at radius 1 is 1.33 bits per heavy atom. The van der Waals surface area contributed by atoms with Crippen LogP contribution in [0.3, 0.4) is 0 Å². The van der Waals surface area contributed by atoms with Crippen molar-refractivity contribution < 1.29 is 13.0 Å². The van der Waals surface area contributed by atoms with Gasteiger partial charge < -0.3 is 0 Å². The van der Waals surface area contributed by atoms with Crippen molar-refractivity contribution in [3.63, 3.8) is 0 Å². The molecule has 3 nitrogen and oxygen atoms in total. The fourth-order valence-corrected chi connectivity index (χ4v) is 3.48. The second-order valence-electron chi connectivity index (χ2n) is 2.83. The Bertz CT molecular complexity index is 176. The average molecular weight is 170 g/mol. The molecule has 0 aliphatic heterocycles. The van der Waals surface area contributed by atoms with E-state index >= 15 is 0 Å². The lowest BCUT2D eigenvalue weighted by atomic mass is 10.3. The average Bonchev–Trinajstić information content (AvgIpc) is 1.14. The van der Waals surface area contributed by atoms with E-state index in [1.807, 2.05) is 0 Å². The maximum atomic E-state index is 10.2. The standard InChI is InChI=1S/C4H11O3PS/c1-4(2,3)8-9(5,6)7/h8H,1-3H3,(H,5,6,7). The van der Waals surface area contributed by atoms with Crippen LogP contribution in [-0.2, 0) is 9.74 Å². The molecule has 0 saturated carbocycles. The van der Waals surface area contributed by atoms with Gasteiger partial charge in [-0.15, -0.1) is 0 Å². The van der Waals surface area contributed by atoms with Gasteiger partial charge in [-0.2, -0.15) is 8.42 Å². The Morgan fingerprint density at radius 2 is 1.67 bits per heavy atom. The molecule has 1 N–H and O–H groups in total. The van der Waals surface area contributed by atoms with Crippen LogP contribution in [0.4, 0.5) is 0 Å². The van der Waals surface area contributed by atoms with Gasteiger partial charge in [0.1, 0.15) is 0 Å². The van der Waals surface area contributed by atoms with E-state index in [2.05, 4.69) is 0 Å². The molecule has 9 heavy (non-hydrogen) atoms. The third-order valence-electron chi connectivity index (χ3n) is 0.435. The molecule has 0 aromatic rings. The molecule has 56 valence electrons. The highest BCUT2D eigenvalue weighted by molar-refractivity contribution is 8.40. The highest BCUT2D eigenvalue weighted by Gasteiger charge is 2.18. The van der Waals surface area contributed by atoms with Crippen molar-refractivity contribution in [1.29, 1.82) is 0 Å². The van der Waals surface area contributed by atoms with E-state index in [4.69, 9.17) is 4.55 Å². The van der Waals surface area contributed by atoms with E-state index in [0.29, 0.717) is 0 Å². The second-order valence-corrected chi connectivity index (χ2v) is 7.64. The fourth-order valence-electron chi connectivity index (χ4n) is 0.387. The van der Waals surface area contributed by atoms with E-state index < -0.39 is 17.5 Å². The van der Waals surface area contributed by atoms with Crippen LogP contribution in [0.2, 0.25) is 0 Å². The summed E-state index contributed by atoms with van der Waals surface area (Å²) in [5, 5.41) is -0.326. The first-order valence-corrected chi connectivity index (χ1v) is 5.63. The highest BCUT2D eigenvalue weighted by atomic mass is 32.8. The van der Waals surface area contributed by atoms with Crippen LogP contribution in [0.25, 0.3) is 0 Å². The van der Waals surface area contributed by atoms with Crippen molar-refractivity contribution in [2.24, 2.45) is 0 Å². The normalized spacial score (nSPS) is 15.1. The van der Waals surface area contributed by atoms with Crippen LogP contribution in [0.15, 0.2) is 0 Å². The summed E-state index contributed by atoms with van der Waals surface area (Å²) in [4.78, 5) is 0. The first kappa shape index (κ1) is 9.34. The second kappa shape index (κ2) is 2.52. The zero-order chi connectivity index (χ0) is 7.71. The molecule has 0 saturated heterocycles. The summed E-state index contributed by atoms with van der Waals surface area (Å²) in [6.45, 7) is 5.29. The first-order chi connectivity index (χ1) is 3.71. The van der Waals surface area contributed by atoms with Crippen molar-refractivity contribution in [3.8, 4) is 0 Å². The molecule has 5 heteroatoms. The molecule has 0 aromatic carbocycles. The van der Waals surface area contributed by atoms with Gasteiger partial charge in [-0.1, -0.05) is 20.8 Å². The quantitative estimate of drug-likeness (QED) is 0.476. The summed E-state index contributed by atoms with van der Waals surface area (Å²) in [5.41, 5.74) is 0. The molecule has 0 radical (unpaired) electrons. The minimum atomic E-state index is -3.75. The van der Waals surface area contributed by atoms with Crippen molar-refractivity contribution in [2.75, 3.05) is 0 Å². The number of rotatable bonds is 1. The van der Waals surface area contributed by atoms with Crippen LogP contribution >= 0.6 is 7.78 Å². The molecule has 0 heterocycles. The van der Waals surface area contributed by atoms with Gasteiger partial charge in [-0.3, -0.25) is 4.55 Å². The van der Waals surface area contributed by atoms with Gasteiger partial charge in [0.2, 0.25) is 0 Å². The molecule has 0 aliphatic rings. The lowest BCUT2D eigenvalue weighted by Gasteiger charge is -2.14. The predicted molar refractivity (Wildman–Crippen MR) is 39.6 cm³/mol. The fraction of sp³-hybridized carbons (Fsp3) is 1.00. The van der Waals surface area contributed by atoms with E-state index in [0.717, 1.165) is 0 Å². The SMILES string of the molecule is CC(C)(C)PS(=O)(=O)O. The summed E-state index contributed by atoms with van der Waals surface area (Å²) >= 11 is 0. The van der Waals surface area contributed by atoms with Crippen LogP contribution in [0, 0.1) is 0 Å². The number of hydrogen-bond donors (Lipinski definition) is 1. The van der Waals surface area contributed by atoms with Gasteiger partial charge in [0.15, 0.2) is 0 Å². The van der Waals surface area contributed by atoms with Crippen LogP contribution in [0.1, 0.15) is 20.8 Å². The monoisotopic (exact) mass is 170 g/mol. The van der Waals surface area contributed by atoms with Crippen molar-refractivity contribution >= 4 is 17.5 Å². The van der Waals surface area contributed by atoms with E-state index in [1.165, 1.54) is 0 Å². The molecule has 0 bridgehead atoms. The lowest BCUT2D eigenvalue weighted by molar-refractivity contribution is 0.501. The molecule has 0 aliphatic carbocycles. The summed E-state index contributed by atoms with van der Waals surface area (Å²) < 4.78 is 28.8. The molecule has 1 unspecified atom stereocenters. The Morgan fingerprint density at radius 3 is 1.67 bits per heavy atom. The van der Waals surface area contributed by atoms with Crippen LogP contribution in [-0.4, -0.2) is 18.1 Å². The van der Waals surface area contributed by atoms with Crippen LogP contribution in [0.5, 0.6) is 0 Å². The van der Waals surface area contributed by atoms with Gasteiger partial charge in [-0.25, -0.2) is 0 Å². The maximum Gasteiger partial charge on any atom is 0.278 e. The van der Waals surface area contributed by atoms with Crippen molar-refractivity contribution in [3.05, 3.63) is 0 Å². The molecule has 0 aromatic heterocycles. The predicted octanol–water partition coefficient (Wildman–Crippen LogP) is 1.27. The lowest BCUT2D eigenvalue weighted by Crippen LogP contribution is -2.08. The minimum Gasteiger partial charge on any atom is -0.283 e. The Hall–Kier alpha value is 0.340. The molecule has 0 amide bonds. The van der Waals surface area contributed by atoms with Gasteiger partial charge in [-0.05, 0) is 5.16 Å². The van der Waals surface area contributed by atoms with E-state index in [-0.39, 0.29) is 5.16 Å². The van der Waals surface area contributed by atoms with E-state index in [9.17, 15) is 8.42 Å². The molecular weight excluding hydrogens is 159 g/mol. The van der Waals surface area contributed by atoms with Gasteiger partial charge in [0.25, 0.3) is 9.74 Å².